The van der Waals surface area contributed by atoms with Crippen LogP contribution in [0.1, 0.15) is 44.9 Å². The molecule has 4 nitrogen and oxygen atoms in total. The average Bonchev–Trinajstić information content (AvgIpc) is 2.75. The van der Waals surface area contributed by atoms with Crippen molar-refractivity contribution >= 4 is 0 Å². The second kappa shape index (κ2) is 3.69. The van der Waals surface area contributed by atoms with Crippen molar-refractivity contribution in [2.75, 3.05) is 0 Å². The van der Waals surface area contributed by atoms with Crippen molar-refractivity contribution in [2.45, 2.75) is 51.1 Å². The lowest BCUT2D eigenvalue weighted by molar-refractivity contribution is 0.405. The van der Waals surface area contributed by atoms with Crippen molar-refractivity contribution < 1.29 is 0 Å². The zero-order chi connectivity index (χ0) is 10.0. The maximum absolute atomic E-state index is 6.33. The molecule has 0 radical (unpaired) electrons. The highest BCUT2D eigenvalue weighted by atomic mass is 15.3. The van der Waals surface area contributed by atoms with Gasteiger partial charge in [0.25, 0.3) is 0 Å². The Kier molecular flexibility index (Phi) is 2.54. The second-order valence-electron chi connectivity index (χ2n) is 4.21. The summed E-state index contributed by atoms with van der Waals surface area (Å²) in [7, 11) is 0. The summed E-state index contributed by atoms with van der Waals surface area (Å²) in [5, 5.41) is 8.14. The molecule has 1 aromatic rings. The molecule has 0 aliphatic heterocycles. The molecule has 2 N–H and O–H groups in total. The fraction of sp³-hybridized carbons (Fsp3) is 0.800. The van der Waals surface area contributed by atoms with Crippen LogP contribution in [0.5, 0.6) is 0 Å². The molecule has 14 heavy (non-hydrogen) atoms. The number of aromatic nitrogens is 3. The minimum Gasteiger partial charge on any atom is -0.319 e. The van der Waals surface area contributed by atoms with E-state index < -0.39 is 0 Å². The van der Waals surface area contributed by atoms with Gasteiger partial charge in [-0.15, -0.1) is 10.2 Å². The van der Waals surface area contributed by atoms with Crippen molar-refractivity contribution in [3.8, 4) is 0 Å². The van der Waals surface area contributed by atoms with Crippen molar-refractivity contribution in [1.82, 2.24) is 14.8 Å². The topological polar surface area (TPSA) is 56.7 Å². The predicted octanol–water partition coefficient (Wildman–Crippen LogP) is 1.42. The van der Waals surface area contributed by atoms with E-state index in [2.05, 4.69) is 21.7 Å². The summed E-state index contributed by atoms with van der Waals surface area (Å²) in [4.78, 5) is 0. The van der Waals surface area contributed by atoms with Crippen LogP contribution in [0.25, 0.3) is 0 Å². The first-order valence-electron chi connectivity index (χ1n) is 5.43. The number of rotatable bonds is 3. The molecular weight excluding hydrogens is 176 g/mol. The Hall–Kier alpha value is -0.900. The lowest BCUT2D eigenvalue weighted by Gasteiger charge is -2.22. The molecule has 1 saturated carbocycles. The highest BCUT2D eigenvalue weighted by Crippen LogP contribution is 2.34. The highest BCUT2D eigenvalue weighted by molar-refractivity contribution is 5.07. The van der Waals surface area contributed by atoms with Gasteiger partial charge in [-0.3, -0.25) is 0 Å². The normalized spacial score (nSPS) is 20.1. The van der Waals surface area contributed by atoms with Crippen LogP contribution in [0.2, 0.25) is 0 Å². The van der Waals surface area contributed by atoms with Gasteiger partial charge >= 0.3 is 0 Å². The van der Waals surface area contributed by atoms with Gasteiger partial charge in [-0.2, -0.15) is 0 Å². The number of nitrogens with two attached hydrogens (primary N) is 1. The maximum Gasteiger partial charge on any atom is 0.152 e. The Morgan fingerprint density at radius 3 is 2.86 bits per heavy atom. The first kappa shape index (κ1) is 9.65. The Balaban J connectivity index is 2.25. The average molecular weight is 194 g/mol. The fourth-order valence-corrected chi connectivity index (χ4v) is 2.27. The maximum atomic E-state index is 6.33. The van der Waals surface area contributed by atoms with E-state index in [4.69, 9.17) is 5.73 Å². The van der Waals surface area contributed by atoms with Gasteiger partial charge in [-0.05, 0) is 19.3 Å². The summed E-state index contributed by atoms with van der Waals surface area (Å²) < 4.78 is 2.10. The van der Waals surface area contributed by atoms with Gasteiger partial charge in [0.15, 0.2) is 5.82 Å². The van der Waals surface area contributed by atoms with E-state index in [0.29, 0.717) is 0 Å². The zero-order valence-electron chi connectivity index (χ0n) is 8.74. The quantitative estimate of drug-likeness (QED) is 0.791. The molecule has 2 rings (SSSR count). The molecule has 1 fully saturated rings. The zero-order valence-corrected chi connectivity index (χ0v) is 8.74. The molecular formula is C10H18N4. The lowest BCUT2D eigenvalue weighted by Crippen LogP contribution is -2.36. The summed E-state index contributed by atoms with van der Waals surface area (Å²) in [6.07, 6.45) is 7.43. The summed E-state index contributed by atoms with van der Waals surface area (Å²) in [5.41, 5.74) is 6.13. The molecule has 0 aromatic carbocycles. The molecule has 78 valence electrons. The molecule has 0 spiro atoms. The smallest absolute Gasteiger partial charge is 0.152 e. The molecule has 1 aliphatic carbocycles. The lowest BCUT2D eigenvalue weighted by atomic mass is 9.98. The van der Waals surface area contributed by atoms with E-state index in [1.807, 2.05) is 0 Å². The predicted molar refractivity (Wildman–Crippen MR) is 54.6 cm³/mol. The molecule has 1 aromatic heterocycles. The van der Waals surface area contributed by atoms with Gasteiger partial charge in [0.1, 0.15) is 6.33 Å². The van der Waals surface area contributed by atoms with Crippen molar-refractivity contribution in [3.05, 3.63) is 12.2 Å². The molecule has 4 heteroatoms. The summed E-state index contributed by atoms with van der Waals surface area (Å²) in [6.45, 7) is 3.13. The van der Waals surface area contributed by atoms with E-state index in [1.165, 1.54) is 12.8 Å². The minimum atomic E-state index is -0.203. The number of nitrogens with zero attached hydrogens (tertiary/aromatic N) is 3. The van der Waals surface area contributed by atoms with Gasteiger partial charge in [0, 0.05) is 6.54 Å². The Bertz CT molecular complexity index is 299. The SMILES string of the molecule is CCCn1cnnc1C1(N)CCCC1. The molecule has 0 bridgehead atoms. The molecule has 1 heterocycles. The van der Waals surface area contributed by atoms with Gasteiger partial charge in [-0.25, -0.2) is 0 Å². The third-order valence-electron chi connectivity index (χ3n) is 3.02. The van der Waals surface area contributed by atoms with Gasteiger partial charge in [0.05, 0.1) is 5.54 Å². The third-order valence-corrected chi connectivity index (χ3v) is 3.02. The number of hydrogen-bond donors (Lipinski definition) is 1. The van der Waals surface area contributed by atoms with E-state index in [9.17, 15) is 0 Å². The van der Waals surface area contributed by atoms with Crippen molar-refractivity contribution in [2.24, 2.45) is 5.73 Å². The van der Waals surface area contributed by atoms with E-state index in [0.717, 1.165) is 31.6 Å². The Labute approximate surface area is 84.5 Å². The van der Waals surface area contributed by atoms with Crippen molar-refractivity contribution in [3.63, 3.8) is 0 Å². The molecule has 0 atom stereocenters. The molecule has 0 amide bonds. The van der Waals surface area contributed by atoms with E-state index in [-0.39, 0.29) is 5.54 Å². The summed E-state index contributed by atoms with van der Waals surface area (Å²) in [6, 6.07) is 0. The van der Waals surface area contributed by atoms with Crippen LogP contribution < -0.4 is 5.73 Å². The fourth-order valence-electron chi connectivity index (χ4n) is 2.27. The number of hydrogen-bond acceptors (Lipinski definition) is 3. The van der Waals surface area contributed by atoms with Gasteiger partial charge in [-0.1, -0.05) is 19.8 Å². The first-order chi connectivity index (χ1) is 6.76. The van der Waals surface area contributed by atoms with Crippen molar-refractivity contribution in [1.29, 1.82) is 0 Å². The summed E-state index contributed by atoms with van der Waals surface area (Å²) >= 11 is 0. The second-order valence-corrected chi connectivity index (χ2v) is 4.21. The minimum absolute atomic E-state index is 0.203. The van der Waals surface area contributed by atoms with Crippen LogP contribution >= 0.6 is 0 Å². The molecule has 0 saturated heterocycles. The molecule has 0 unspecified atom stereocenters. The monoisotopic (exact) mass is 194 g/mol. The van der Waals surface area contributed by atoms with Crippen LogP contribution in [0.4, 0.5) is 0 Å². The Morgan fingerprint density at radius 2 is 2.21 bits per heavy atom. The standard InChI is InChI=1S/C10H18N4/c1-2-7-14-8-12-13-9(14)10(11)5-3-4-6-10/h8H,2-7,11H2,1H3. The Morgan fingerprint density at radius 1 is 1.50 bits per heavy atom. The van der Waals surface area contributed by atoms with Crippen LogP contribution in [0.3, 0.4) is 0 Å². The first-order valence-corrected chi connectivity index (χ1v) is 5.43. The number of aryl methyl sites for hydroxylation is 1. The summed E-state index contributed by atoms with van der Waals surface area (Å²) in [5.74, 6) is 0.983. The highest BCUT2D eigenvalue weighted by Gasteiger charge is 2.35. The third kappa shape index (κ3) is 1.54. The van der Waals surface area contributed by atoms with Gasteiger partial charge < -0.3 is 10.3 Å². The largest absolute Gasteiger partial charge is 0.319 e. The van der Waals surface area contributed by atoms with Crippen LogP contribution in [-0.2, 0) is 12.1 Å². The van der Waals surface area contributed by atoms with E-state index in [1.54, 1.807) is 6.33 Å². The van der Waals surface area contributed by atoms with Crippen LogP contribution in [-0.4, -0.2) is 14.8 Å². The van der Waals surface area contributed by atoms with Crippen LogP contribution in [0.15, 0.2) is 6.33 Å². The van der Waals surface area contributed by atoms with Crippen LogP contribution in [0, 0.1) is 0 Å². The molecule has 1 aliphatic rings. The van der Waals surface area contributed by atoms with Gasteiger partial charge in [0.2, 0.25) is 0 Å². The van der Waals surface area contributed by atoms with E-state index >= 15 is 0 Å².